The number of para-hydroxylation sites is 1. The van der Waals surface area contributed by atoms with Gasteiger partial charge in [-0.1, -0.05) is 12.1 Å². The highest BCUT2D eigenvalue weighted by Crippen LogP contribution is 2.32. The number of fused-ring (bicyclic) bond motifs is 2. The lowest BCUT2D eigenvalue weighted by molar-refractivity contribution is 0.514. The number of anilines is 1. The van der Waals surface area contributed by atoms with Crippen LogP contribution >= 0.6 is 0 Å². The molecule has 1 saturated heterocycles. The fourth-order valence-electron chi connectivity index (χ4n) is 5.04. The van der Waals surface area contributed by atoms with Crippen molar-refractivity contribution >= 4 is 37.9 Å². The van der Waals surface area contributed by atoms with E-state index in [0.717, 1.165) is 36.2 Å². The highest BCUT2D eigenvalue weighted by molar-refractivity contribution is 7.88. The van der Waals surface area contributed by atoms with E-state index in [1.165, 1.54) is 12.1 Å². The molecule has 14 heteroatoms. The fraction of sp³-hybridized carbons (Fsp3) is 0.179. The molecule has 0 radical (unpaired) electrons. The van der Waals surface area contributed by atoms with Crippen LogP contribution in [0.15, 0.2) is 60.9 Å². The quantitative estimate of drug-likeness (QED) is 0.220. The minimum atomic E-state index is -3.43. The van der Waals surface area contributed by atoms with E-state index in [-0.39, 0.29) is 12.6 Å². The summed E-state index contributed by atoms with van der Waals surface area (Å²) in [6.45, 7) is 1.44. The average Bonchev–Trinajstić information content (AvgIpc) is 3.57. The molecular weight excluding hydrogens is 559 g/mol. The van der Waals surface area contributed by atoms with Crippen LogP contribution in [-0.4, -0.2) is 68.9 Å². The maximum Gasteiger partial charge on any atom is 0.209 e. The van der Waals surface area contributed by atoms with E-state index in [2.05, 4.69) is 29.8 Å². The zero-order valence-electron chi connectivity index (χ0n) is 22.3. The standard InChI is InChI=1S/C28H25FN10O2S/c1-42(40,41)32-10-15-7-16(9-17(29)8-15)19-3-2-4-21-25(19)36-28(35-21)27-26-22(37-38-27)6-5-20(34-26)23-11-31-12-24(33-23)39-13-18(30)14-39/h2-9,11-12,18,32H,10,13-14,30H2,1H3,(H,35,36)(H,37,38). The van der Waals surface area contributed by atoms with Crippen LogP contribution in [-0.2, 0) is 16.6 Å². The number of aromatic amines is 2. The predicted octanol–water partition coefficient (Wildman–Crippen LogP) is 2.96. The van der Waals surface area contributed by atoms with Gasteiger partial charge in [0.25, 0.3) is 0 Å². The Bertz CT molecular complexity index is 2090. The summed E-state index contributed by atoms with van der Waals surface area (Å²) in [5.74, 6) is 0.753. The maximum absolute atomic E-state index is 14.6. The number of aromatic nitrogens is 7. The zero-order chi connectivity index (χ0) is 29.0. The SMILES string of the molecule is CS(=O)(=O)NCc1cc(F)cc(-c2cccc3[nH]c(-c4n[nH]c5ccc(-c6cncc(N7CC(N)C7)n6)nc45)nc23)c1. The molecule has 4 aromatic heterocycles. The number of nitrogens with zero attached hydrogens (tertiary/aromatic N) is 6. The van der Waals surface area contributed by atoms with Crippen molar-refractivity contribution in [2.75, 3.05) is 24.2 Å². The number of imidazole rings is 1. The minimum Gasteiger partial charge on any atom is -0.352 e. The Morgan fingerprint density at radius 2 is 1.88 bits per heavy atom. The van der Waals surface area contributed by atoms with Crippen LogP contribution in [0.25, 0.3) is 56.1 Å². The number of hydrogen-bond acceptors (Lipinski definition) is 9. The second kappa shape index (κ2) is 9.94. The number of nitrogens with one attached hydrogen (secondary N) is 3. The molecular formula is C28H25FN10O2S. The van der Waals surface area contributed by atoms with E-state index in [1.54, 1.807) is 18.5 Å². The number of hydrogen-bond donors (Lipinski definition) is 4. The Hall–Kier alpha value is -4.79. The molecule has 1 aliphatic rings. The van der Waals surface area contributed by atoms with Crippen LogP contribution < -0.4 is 15.4 Å². The largest absolute Gasteiger partial charge is 0.352 e. The summed E-state index contributed by atoms with van der Waals surface area (Å²) in [5, 5.41) is 7.50. The van der Waals surface area contributed by atoms with Gasteiger partial charge in [0.15, 0.2) is 11.5 Å². The van der Waals surface area contributed by atoms with Gasteiger partial charge in [0.05, 0.1) is 40.9 Å². The van der Waals surface area contributed by atoms with Gasteiger partial charge in [0.2, 0.25) is 10.0 Å². The van der Waals surface area contributed by atoms with Gasteiger partial charge in [0.1, 0.15) is 22.8 Å². The summed E-state index contributed by atoms with van der Waals surface area (Å²) in [5.41, 5.74) is 12.1. The Labute approximate surface area is 239 Å². The molecule has 0 amide bonds. The van der Waals surface area contributed by atoms with Crippen LogP contribution in [0.5, 0.6) is 0 Å². The van der Waals surface area contributed by atoms with Crippen molar-refractivity contribution in [3.63, 3.8) is 0 Å². The highest BCUT2D eigenvalue weighted by atomic mass is 32.2. The van der Waals surface area contributed by atoms with Crippen LogP contribution in [0.4, 0.5) is 10.2 Å². The van der Waals surface area contributed by atoms with Crippen molar-refractivity contribution < 1.29 is 12.8 Å². The molecule has 5 N–H and O–H groups in total. The molecule has 0 aliphatic carbocycles. The van der Waals surface area contributed by atoms with Gasteiger partial charge in [0, 0.05) is 31.2 Å². The number of sulfonamides is 1. The van der Waals surface area contributed by atoms with Crippen molar-refractivity contribution in [3.8, 4) is 34.0 Å². The summed E-state index contributed by atoms with van der Waals surface area (Å²) in [7, 11) is -3.43. The summed E-state index contributed by atoms with van der Waals surface area (Å²) < 4.78 is 40.1. The van der Waals surface area contributed by atoms with Crippen LogP contribution in [0, 0.1) is 5.82 Å². The van der Waals surface area contributed by atoms with Crippen molar-refractivity contribution in [1.82, 2.24) is 39.8 Å². The number of rotatable bonds is 7. The first-order valence-electron chi connectivity index (χ1n) is 13.1. The number of nitrogens with two attached hydrogens (primary N) is 1. The molecule has 0 bridgehead atoms. The topological polar surface area (TPSA) is 171 Å². The summed E-state index contributed by atoms with van der Waals surface area (Å²) in [4.78, 5) is 24.2. The summed E-state index contributed by atoms with van der Waals surface area (Å²) in [6, 6.07) is 13.9. The van der Waals surface area contributed by atoms with E-state index in [0.29, 0.717) is 50.6 Å². The minimum absolute atomic E-state index is 0.0303. The third-order valence-corrected chi connectivity index (χ3v) is 7.74. The molecule has 212 valence electrons. The fourth-order valence-corrected chi connectivity index (χ4v) is 5.47. The Morgan fingerprint density at radius 1 is 1.02 bits per heavy atom. The molecule has 42 heavy (non-hydrogen) atoms. The zero-order valence-corrected chi connectivity index (χ0v) is 23.2. The molecule has 2 aromatic carbocycles. The monoisotopic (exact) mass is 584 g/mol. The van der Waals surface area contributed by atoms with E-state index < -0.39 is 15.8 Å². The van der Waals surface area contributed by atoms with Crippen LogP contribution in [0.2, 0.25) is 0 Å². The summed E-state index contributed by atoms with van der Waals surface area (Å²) >= 11 is 0. The Balaban J connectivity index is 1.26. The van der Waals surface area contributed by atoms with E-state index in [4.69, 9.17) is 20.7 Å². The lowest BCUT2D eigenvalue weighted by Crippen LogP contribution is -2.56. The second-order valence-corrected chi connectivity index (χ2v) is 12.2. The van der Waals surface area contributed by atoms with Gasteiger partial charge in [-0.2, -0.15) is 5.10 Å². The van der Waals surface area contributed by atoms with E-state index in [9.17, 15) is 12.8 Å². The van der Waals surface area contributed by atoms with Gasteiger partial charge in [-0.3, -0.25) is 10.1 Å². The van der Waals surface area contributed by atoms with Gasteiger partial charge in [-0.05, 0) is 47.5 Å². The molecule has 6 aromatic rings. The molecule has 5 heterocycles. The number of halogens is 1. The predicted molar refractivity (Wildman–Crippen MR) is 157 cm³/mol. The normalized spacial score (nSPS) is 14.1. The molecule has 0 unspecified atom stereocenters. The van der Waals surface area contributed by atoms with Gasteiger partial charge in [-0.15, -0.1) is 0 Å². The van der Waals surface area contributed by atoms with Crippen molar-refractivity contribution in [3.05, 3.63) is 72.3 Å². The van der Waals surface area contributed by atoms with E-state index >= 15 is 0 Å². The first-order valence-corrected chi connectivity index (χ1v) is 15.0. The molecule has 0 saturated carbocycles. The Kier molecular flexibility index (Phi) is 6.18. The van der Waals surface area contributed by atoms with Crippen molar-refractivity contribution in [1.29, 1.82) is 0 Å². The van der Waals surface area contributed by atoms with Crippen LogP contribution in [0.1, 0.15) is 5.56 Å². The number of benzene rings is 2. The maximum atomic E-state index is 14.6. The summed E-state index contributed by atoms with van der Waals surface area (Å²) in [6.07, 6.45) is 4.44. The lowest BCUT2D eigenvalue weighted by Gasteiger charge is -2.37. The smallest absolute Gasteiger partial charge is 0.209 e. The average molecular weight is 585 g/mol. The van der Waals surface area contributed by atoms with E-state index in [1.807, 2.05) is 30.3 Å². The Morgan fingerprint density at radius 3 is 2.69 bits per heavy atom. The van der Waals surface area contributed by atoms with Gasteiger partial charge in [-0.25, -0.2) is 32.5 Å². The highest BCUT2D eigenvalue weighted by Gasteiger charge is 2.25. The molecule has 0 spiro atoms. The first kappa shape index (κ1) is 26.1. The van der Waals surface area contributed by atoms with Gasteiger partial charge >= 0.3 is 0 Å². The first-order chi connectivity index (χ1) is 20.2. The second-order valence-electron chi connectivity index (χ2n) is 10.3. The van der Waals surface area contributed by atoms with Crippen LogP contribution in [0.3, 0.4) is 0 Å². The molecule has 1 fully saturated rings. The van der Waals surface area contributed by atoms with Crippen molar-refractivity contribution in [2.24, 2.45) is 5.73 Å². The van der Waals surface area contributed by atoms with Gasteiger partial charge < -0.3 is 15.6 Å². The molecule has 1 aliphatic heterocycles. The number of H-pyrrole nitrogens is 2. The number of pyridine rings is 1. The lowest BCUT2D eigenvalue weighted by atomic mass is 10.0. The third-order valence-electron chi connectivity index (χ3n) is 7.07. The van der Waals surface area contributed by atoms with Crippen molar-refractivity contribution in [2.45, 2.75) is 12.6 Å². The molecule has 7 rings (SSSR count). The third kappa shape index (κ3) is 4.95. The molecule has 12 nitrogen and oxygen atoms in total. The molecule has 0 atom stereocenters.